The van der Waals surface area contributed by atoms with Gasteiger partial charge in [0.2, 0.25) is 0 Å². The molecule has 0 saturated carbocycles. The number of aliphatic hydroxyl groups excluding tert-OH is 2. The standard InChI is InChI=1S/C18H16F3N3O4/c19-8-3-13(17(22)27)15-14(4-8)23-18(24-15)11-2-1-10(5-12(11)16(20)21)28-7-9(26)6-25/h1-5,9,16,25-26H,6-7H2,(H2,22,27)(H,23,24). The van der Waals surface area contributed by atoms with E-state index in [0.29, 0.717) is 0 Å². The zero-order valence-electron chi connectivity index (χ0n) is 14.3. The molecule has 10 heteroatoms. The van der Waals surface area contributed by atoms with Gasteiger partial charge in [0, 0.05) is 11.1 Å². The number of nitrogens with zero attached hydrogens (tertiary/aromatic N) is 1. The number of aromatic amines is 1. The molecule has 2 aromatic carbocycles. The highest BCUT2D eigenvalue weighted by Gasteiger charge is 2.20. The van der Waals surface area contributed by atoms with Crippen molar-refractivity contribution in [2.45, 2.75) is 12.5 Å². The molecule has 1 heterocycles. The zero-order valence-corrected chi connectivity index (χ0v) is 14.3. The van der Waals surface area contributed by atoms with E-state index in [2.05, 4.69) is 9.97 Å². The van der Waals surface area contributed by atoms with Gasteiger partial charge in [-0.05, 0) is 30.3 Å². The van der Waals surface area contributed by atoms with Crippen LogP contribution in [0.25, 0.3) is 22.4 Å². The summed E-state index contributed by atoms with van der Waals surface area (Å²) in [7, 11) is 0. The van der Waals surface area contributed by atoms with Gasteiger partial charge < -0.3 is 25.7 Å². The van der Waals surface area contributed by atoms with E-state index in [4.69, 9.17) is 15.6 Å². The summed E-state index contributed by atoms with van der Waals surface area (Å²) in [5, 5.41) is 18.1. The van der Waals surface area contributed by atoms with Crippen LogP contribution >= 0.6 is 0 Å². The van der Waals surface area contributed by atoms with E-state index in [1.807, 2.05) is 0 Å². The number of nitrogens with two attached hydrogens (primary N) is 1. The molecular formula is C18H16F3N3O4. The van der Waals surface area contributed by atoms with Crippen LogP contribution in [-0.4, -0.2) is 45.4 Å². The largest absolute Gasteiger partial charge is 0.491 e. The number of fused-ring (bicyclic) bond motifs is 1. The van der Waals surface area contributed by atoms with E-state index in [0.717, 1.165) is 18.2 Å². The predicted octanol–water partition coefficient (Wildman–Crippen LogP) is 2.14. The fourth-order valence-corrected chi connectivity index (χ4v) is 2.67. The van der Waals surface area contributed by atoms with Crippen LogP contribution in [0.15, 0.2) is 30.3 Å². The van der Waals surface area contributed by atoms with Gasteiger partial charge in [0.25, 0.3) is 12.3 Å². The Balaban J connectivity index is 2.05. The topological polar surface area (TPSA) is 121 Å². The lowest BCUT2D eigenvalue weighted by Crippen LogP contribution is -2.21. The molecule has 0 bridgehead atoms. The smallest absolute Gasteiger partial charge is 0.264 e. The molecular weight excluding hydrogens is 379 g/mol. The maximum atomic E-state index is 13.7. The molecule has 0 aliphatic rings. The third-order valence-electron chi connectivity index (χ3n) is 3.98. The van der Waals surface area contributed by atoms with Crippen molar-refractivity contribution in [2.24, 2.45) is 5.73 Å². The van der Waals surface area contributed by atoms with Crippen molar-refractivity contribution >= 4 is 16.9 Å². The number of halogens is 3. The Kier molecular flexibility index (Phi) is 5.52. The number of carbonyl (C=O) groups is 1. The number of primary amides is 1. The van der Waals surface area contributed by atoms with Crippen molar-refractivity contribution in [3.05, 3.63) is 47.3 Å². The van der Waals surface area contributed by atoms with E-state index in [1.54, 1.807) is 0 Å². The van der Waals surface area contributed by atoms with Crippen LogP contribution in [0, 0.1) is 5.82 Å². The number of H-pyrrole nitrogens is 1. The molecule has 3 rings (SSSR count). The molecule has 3 aromatic rings. The molecule has 0 aliphatic carbocycles. The number of imidazole rings is 1. The Morgan fingerprint density at radius 3 is 2.68 bits per heavy atom. The number of amides is 1. The van der Waals surface area contributed by atoms with Crippen LogP contribution in [0.1, 0.15) is 22.3 Å². The third kappa shape index (κ3) is 3.92. The highest BCUT2D eigenvalue weighted by atomic mass is 19.3. The Bertz CT molecular complexity index is 1020. The number of carbonyl (C=O) groups excluding carboxylic acids is 1. The lowest BCUT2D eigenvalue weighted by Gasteiger charge is -2.13. The molecule has 0 aliphatic heterocycles. The Morgan fingerprint density at radius 2 is 2.04 bits per heavy atom. The van der Waals surface area contributed by atoms with Crippen LogP contribution in [0.2, 0.25) is 0 Å². The molecule has 7 nitrogen and oxygen atoms in total. The second kappa shape index (κ2) is 7.87. The van der Waals surface area contributed by atoms with Crippen molar-refractivity contribution < 1.29 is 32.9 Å². The molecule has 148 valence electrons. The van der Waals surface area contributed by atoms with E-state index in [-0.39, 0.29) is 40.3 Å². The average molecular weight is 395 g/mol. The van der Waals surface area contributed by atoms with Gasteiger partial charge in [-0.15, -0.1) is 0 Å². The minimum Gasteiger partial charge on any atom is -0.491 e. The molecule has 0 saturated heterocycles. The highest BCUT2D eigenvalue weighted by molar-refractivity contribution is 6.04. The second-order valence-corrected chi connectivity index (χ2v) is 6.00. The summed E-state index contributed by atoms with van der Waals surface area (Å²) >= 11 is 0. The number of hydrogen-bond acceptors (Lipinski definition) is 5. The highest BCUT2D eigenvalue weighted by Crippen LogP contribution is 2.34. The van der Waals surface area contributed by atoms with Crippen LogP contribution < -0.4 is 10.5 Å². The molecule has 1 aromatic heterocycles. The first kappa shape index (κ1) is 19.6. The normalized spacial score (nSPS) is 12.5. The fraction of sp³-hybridized carbons (Fsp3) is 0.222. The van der Waals surface area contributed by atoms with Gasteiger partial charge in [-0.25, -0.2) is 18.2 Å². The number of ether oxygens (including phenoxy) is 1. The SMILES string of the molecule is NC(=O)c1cc(F)cc2[nH]c(-c3ccc(OCC(O)CO)cc3C(F)F)nc12. The molecule has 0 spiro atoms. The fourth-order valence-electron chi connectivity index (χ4n) is 2.67. The Hall–Kier alpha value is -3.11. The summed E-state index contributed by atoms with van der Waals surface area (Å²) < 4.78 is 46.0. The van der Waals surface area contributed by atoms with Gasteiger partial charge >= 0.3 is 0 Å². The molecule has 28 heavy (non-hydrogen) atoms. The van der Waals surface area contributed by atoms with Crippen molar-refractivity contribution in [3.63, 3.8) is 0 Å². The Labute approximate surface area is 156 Å². The van der Waals surface area contributed by atoms with Gasteiger partial charge in [-0.1, -0.05) is 0 Å². The summed E-state index contributed by atoms with van der Waals surface area (Å²) in [5.74, 6) is -1.56. The quantitative estimate of drug-likeness (QED) is 0.488. The monoisotopic (exact) mass is 395 g/mol. The van der Waals surface area contributed by atoms with Crippen LogP contribution in [0.4, 0.5) is 13.2 Å². The maximum absolute atomic E-state index is 13.7. The number of hydrogen-bond donors (Lipinski definition) is 4. The van der Waals surface area contributed by atoms with Crippen molar-refractivity contribution in [1.29, 1.82) is 0 Å². The van der Waals surface area contributed by atoms with Gasteiger partial charge in [0.15, 0.2) is 0 Å². The number of nitrogens with one attached hydrogen (secondary N) is 1. The lowest BCUT2D eigenvalue weighted by molar-refractivity contribution is 0.0534. The van der Waals surface area contributed by atoms with Gasteiger partial charge in [-0.3, -0.25) is 4.79 Å². The van der Waals surface area contributed by atoms with E-state index < -0.39 is 36.4 Å². The number of aromatic nitrogens is 2. The first-order valence-corrected chi connectivity index (χ1v) is 8.13. The van der Waals surface area contributed by atoms with Crippen LogP contribution in [-0.2, 0) is 0 Å². The average Bonchev–Trinajstić information content (AvgIpc) is 3.08. The number of benzene rings is 2. The van der Waals surface area contributed by atoms with E-state index >= 15 is 0 Å². The van der Waals surface area contributed by atoms with E-state index in [1.165, 1.54) is 12.1 Å². The zero-order chi connectivity index (χ0) is 20.4. The van der Waals surface area contributed by atoms with Crippen molar-refractivity contribution in [3.8, 4) is 17.1 Å². The number of aliphatic hydroxyl groups is 2. The molecule has 0 fully saturated rings. The van der Waals surface area contributed by atoms with Gasteiger partial charge in [0.05, 0.1) is 17.7 Å². The minimum atomic E-state index is -2.89. The molecule has 0 radical (unpaired) electrons. The Morgan fingerprint density at radius 1 is 1.29 bits per heavy atom. The predicted molar refractivity (Wildman–Crippen MR) is 93.6 cm³/mol. The minimum absolute atomic E-state index is 0.000318. The second-order valence-electron chi connectivity index (χ2n) is 6.00. The van der Waals surface area contributed by atoms with Crippen molar-refractivity contribution in [2.75, 3.05) is 13.2 Å². The molecule has 5 N–H and O–H groups in total. The summed E-state index contributed by atoms with van der Waals surface area (Å²) in [4.78, 5) is 18.4. The summed E-state index contributed by atoms with van der Waals surface area (Å²) in [6.45, 7) is -0.804. The van der Waals surface area contributed by atoms with E-state index in [9.17, 15) is 23.1 Å². The van der Waals surface area contributed by atoms with Crippen LogP contribution in [0.3, 0.4) is 0 Å². The van der Waals surface area contributed by atoms with Gasteiger partial charge in [0.1, 0.15) is 35.6 Å². The number of rotatable bonds is 7. The first-order valence-electron chi connectivity index (χ1n) is 8.13. The number of alkyl halides is 2. The molecule has 1 amide bonds. The van der Waals surface area contributed by atoms with Crippen LogP contribution in [0.5, 0.6) is 5.75 Å². The molecule has 1 unspecified atom stereocenters. The summed E-state index contributed by atoms with van der Waals surface area (Å²) in [6.07, 6.45) is -4.03. The maximum Gasteiger partial charge on any atom is 0.264 e. The first-order chi connectivity index (χ1) is 13.3. The lowest BCUT2D eigenvalue weighted by atomic mass is 10.1. The summed E-state index contributed by atoms with van der Waals surface area (Å²) in [5.41, 5.74) is 4.86. The molecule has 1 atom stereocenters. The van der Waals surface area contributed by atoms with Gasteiger partial charge in [-0.2, -0.15) is 0 Å². The third-order valence-corrected chi connectivity index (χ3v) is 3.98. The van der Waals surface area contributed by atoms with Crippen molar-refractivity contribution in [1.82, 2.24) is 9.97 Å². The summed E-state index contributed by atoms with van der Waals surface area (Å²) in [6, 6.07) is 5.78.